The highest BCUT2D eigenvalue weighted by Crippen LogP contribution is 2.30. The van der Waals surface area contributed by atoms with Gasteiger partial charge in [0, 0.05) is 32.6 Å². The Kier molecular flexibility index (Phi) is 6.88. The molecule has 2 aliphatic rings. The highest BCUT2D eigenvalue weighted by molar-refractivity contribution is 5.76. The standard InChI is InChI=1S/C21H32N2O2/c1-18-6-2-3-7-20(18)19-9-12-23(13-10-19)21(24)8-4-5-11-22-14-16-25-17-15-22/h2-3,6-7,19H,4-5,8-17H2,1H3. The van der Waals surface area contributed by atoms with E-state index in [1.807, 2.05) is 0 Å². The van der Waals surface area contributed by atoms with Gasteiger partial charge < -0.3 is 9.64 Å². The van der Waals surface area contributed by atoms with Gasteiger partial charge in [-0.2, -0.15) is 0 Å². The molecule has 0 N–H and O–H groups in total. The molecule has 25 heavy (non-hydrogen) atoms. The van der Waals surface area contributed by atoms with Gasteiger partial charge in [0.25, 0.3) is 0 Å². The summed E-state index contributed by atoms with van der Waals surface area (Å²) >= 11 is 0. The van der Waals surface area contributed by atoms with Gasteiger partial charge in [-0.25, -0.2) is 0 Å². The number of unbranched alkanes of at least 4 members (excludes halogenated alkanes) is 1. The number of carbonyl (C=O) groups is 1. The molecule has 138 valence electrons. The quantitative estimate of drug-likeness (QED) is 0.743. The second kappa shape index (κ2) is 9.35. The number of ether oxygens (including phenoxy) is 1. The summed E-state index contributed by atoms with van der Waals surface area (Å²) in [6.07, 6.45) is 5.04. The van der Waals surface area contributed by atoms with E-state index < -0.39 is 0 Å². The van der Waals surface area contributed by atoms with Crippen LogP contribution in [0.15, 0.2) is 24.3 Å². The van der Waals surface area contributed by atoms with Crippen molar-refractivity contribution >= 4 is 5.91 Å². The molecule has 4 heteroatoms. The molecule has 3 rings (SSSR count). The largest absolute Gasteiger partial charge is 0.379 e. The van der Waals surface area contributed by atoms with Crippen LogP contribution in [0.1, 0.15) is 49.1 Å². The molecule has 0 atom stereocenters. The first kappa shape index (κ1) is 18.4. The summed E-state index contributed by atoms with van der Waals surface area (Å²) < 4.78 is 5.37. The van der Waals surface area contributed by atoms with Gasteiger partial charge in [0.15, 0.2) is 0 Å². The maximum atomic E-state index is 12.5. The van der Waals surface area contributed by atoms with E-state index in [-0.39, 0.29) is 0 Å². The molecule has 1 aromatic rings. The van der Waals surface area contributed by atoms with Gasteiger partial charge in [0.05, 0.1) is 13.2 Å². The lowest BCUT2D eigenvalue weighted by Gasteiger charge is -2.33. The number of hydrogen-bond donors (Lipinski definition) is 0. The fourth-order valence-electron chi connectivity index (χ4n) is 4.08. The Balaban J connectivity index is 1.35. The molecule has 0 saturated carbocycles. The van der Waals surface area contributed by atoms with E-state index in [9.17, 15) is 4.79 Å². The van der Waals surface area contributed by atoms with Crippen LogP contribution in [0.25, 0.3) is 0 Å². The minimum atomic E-state index is 0.352. The Labute approximate surface area is 152 Å². The average Bonchev–Trinajstić information content (AvgIpc) is 2.66. The first-order valence-electron chi connectivity index (χ1n) is 9.87. The minimum absolute atomic E-state index is 0.352. The highest BCUT2D eigenvalue weighted by Gasteiger charge is 2.24. The molecule has 0 unspecified atom stereocenters. The summed E-state index contributed by atoms with van der Waals surface area (Å²) in [5, 5.41) is 0. The molecule has 0 radical (unpaired) electrons. The number of hydrogen-bond acceptors (Lipinski definition) is 3. The maximum absolute atomic E-state index is 12.5. The zero-order valence-electron chi connectivity index (χ0n) is 15.6. The van der Waals surface area contributed by atoms with Crippen LogP contribution in [0, 0.1) is 6.92 Å². The fraction of sp³-hybridized carbons (Fsp3) is 0.667. The number of likely N-dealkylation sites (tertiary alicyclic amines) is 1. The van der Waals surface area contributed by atoms with Crippen LogP contribution in [0.4, 0.5) is 0 Å². The van der Waals surface area contributed by atoms with Crippen LogP contribution in [0.3, 0.4) is 0 Å². The fourth-order valence-corrected chi connectivity index (χ4v) is 4.08. The minimum Gasteiger partial charge on any atom is -0.379 e. The molecule has 4 nitrogen and oxygen atoms in total. The number of rotatable bonds is 6. The lowest BCUT2D eigenvalue weighted by atomic mass is 9.87. The van der Waals surface area contributed by atoms with Crippen LogP contribution >= 0.6 is 0 Å². The summed E-state index contributed by atoms with van der Waals surface area (Å²) in [6.45, 7) is 8.93. The zero-order valence-corrected chi connectivity index (χ0v) is 15.6. The van der Waals surface area contributed by atoms with Gasteiger partial charge in [-0.1, -0.05) is 24.3 Å². The molecule has 2 fully saturated rings. The lowest BCUT2D eigenvalue weighted by Crippen LogP contribution is -2.38. The lowest BCUT2D eigenvalue weighted by molar-refractivity contribution is -0.132. The average molecular weight is 344 g/mol. The first-order chi connectivity index (χ1) is 12.2. The Morgan fingerprint density at radius 1 is 1.08 bits per heavy atom. The van der Waals surface area contributed by atoms with Crippen LogP contribution in [-0.2, 0) is 9.53 Å². The molecule has 2 heterocycles. The van der Waals surface area contributed by atoms with Crippen LogP contribution in [0.5, 0.6) is 0 Å². The Hall–Kier alpha value is -1.39. The molecule has 2 saturated heterocycles. The SMILES string of the molecule is Cc1ccccc1C1CCN(C(=O)CCCCN2CCOCC2)CC1. The van der Waals surface area contributed by atoms with Gasteiger partial charge in [-0.15, -0.1) is 0 Å². The summed E-state index contributed by atoms with van der Waals surface area (Å²) in [4.78, 5) is 17.0. The molecule has 0 spiro atoms. The van der Waals surface area contributed by atoms with E-state index in [1.54, 1.807) is 0 Å². The highest BCUT2D eigenvalue weighted by atomic mass is 16.5. The van der Waals surface area contributed by atoms with Gasteiger partial charge in [-0.05, 0) is 56.2 Å². The van der Waals surface area contributed by atoms with Crippen LogP contribution in [-0.4, -0.2) is 61.6 Å². The number of carbonyl (C=O) groups excluding carboxylic acids is 1. The van der Waals surface area contributed by atoms with Crippen molar-refractivity contribution in [3.8, 4) is 0 Å². The second-order valence-corrected chi connectivity index (χ2v) is 7.42. The zero-order chi connectivity index (χ0) is 17.5. The maximum Gasteiger partial charge on any atom is 0.222 e. The molecule has 0 bridgehead atoms. The van der Waals surface area contributed by atoms with Crippen molar-refractivity contribution in [3.63, 3.8) is 0 Å². The van der Waals surface area contributed by atoms with E-state index in [4.69, 9.17) is 4.74 Å². The molecule has 0 aromatic heterocycles. The third-order valence-electron chi connectivity index (χ3n) is 5.69. The van der Waals surface area contributed by atoms with Crippen molar-refractivity contribution < 1.29 is 9.53 Å². The van der Waals surface area contributed by atoms with Crippen molar-refractivity contribution in [2.24, 2.45) is 0 Å². The Morgan fingerprint density at radius 3 is 2.52 bits per heavy atom. The number of morpholine rings is 1. The Morgan fingerprint density at radius 2 is 1.80 bits per heavy atom. The van der Waals surface area contributed by atoms with E-state index >= 15 is 0 Å². The first-order valence-corrected chi connectivity index (χ1v) is 9.87. The van der Waals surface area contributed by atoms with Gasteiger partial charge >= 0.3 is 0 Å². The Bertz CT molecular complexity index is 547. The monoisotopic (exact) mass is 344 g/mol. The summed E-state index contributed by atoms with van der Waals surface area (Å²) in [5.74, 6) is 0.969. The molecule has 0 aliphatic carbocycles. The van der Waals surface area contributed by atoms with Crippen LogP contribution < -0.4 is 0 Å². The van der Waals surface area contributed by atoms with Gasteiger partial charge in [0.2, 0.25) is 5.91 Å². The topological polar surface area (TPSA) is 32.8 Å². The normalized spacial score (nSPS) is 20.0. The van der Waals surface area contributed by atoms with E-state index in [0.29, 0.717) is 18.2 Å². The van der Waals surface area contributed by atoms with Crippen molar-refractivity contribution in [2.45, 2.75) is 44.9 Å². The van der Waals surface area contributed by atoms with Crippen LogP contribution in [0.2, 0.25) is 0 Å². The van der Waals surface area contributed by atoms with Crippen molar-refractivity contribution in [2.75, 3.05) is 45.9 Å². The predicted molar refractivity (Wildman–Crippen MR) is 101 cm³/mol. The number of benzene rings is 1. The molecule has 2 aliphatic heterocycles. The molecular formula is C21H32N2O2. The van der Waals surface area contributed by atoms with E-state index in [1.165, 1.54) is 11.1 Å². The van der Waals surface area contributed by atoms with Gasteiger partial charge in [0.1, 0.15) is 0 Å². The van der Waals surface area contributed by atoms with E-state index in [2.05, 4.69) is 41.0 Å². The molecule has 1 amide bonds. The molecular weight excluding hydrogens is 312 g/mol. The number of amides is 1. The number of aryl methyl sites for hydroxylation is 1. The number of piperidine rings is 1. The summed E-state index contributed by atoms with van der Waals surface area (Å²) in [6, 6.07) is 8.69. The van der Waals surface area contributed by atoms with Crippen molar-refractivity contribution in [1.29, 1.82) is 0 Å². The predicted octanol–water partition coefficient (Wildman–Crippen LogP) is 3.20. The second-order valence-electron chi connectivity index (χ2n) is 7.42. The van der Waals surface area contributed by atoms with Gasteiger partial charge in [-0.3, -0.25) is 9.69 Å². The smallest absolute Gasteiger partial charge is 0.222 e. The summed E-state index contributed by atoms with van der Waals surface area (Å²) in [5.41, 5.74) is 2.86. The third kappa shape index (κ3) is 5.29. The molecule has 1 aromatic carbocycles. The summed E-state index contributed by atoms with van der Waals surface area (Å²) in [7, 11) is 0. The van der Waals surface area contributed by atoms with Crippen molar-refractivity contribution in [3.05, 3.63) is 35.4 Å². The number of nitrogens with zero attached hydrogens (tertiary/aromatic N) is 2. The van der Waals surface area contributed by atoms with E-state index in [0.717, 1.165) is 71.6 Å². The third-order valence-corrected chi connectivity index (χ3v) is 5.69. The van der Waals surface area contributed by atoms with Crippen molar-refractivity contribution in [1.82, 2.24) is 9.80 Å².